The van der Waals surface area contributed by atoms with Crippen LogP contribution in [0.3, 0.4) is 0 Å². The van der Waals surface area contributed by atoms with Crippen LogP contribution in [0.15, 0.2) is 90.9 Å². The van der Waals surface area contributed by atoms with Crippen molar-refractivity contribution in [3.05, 3.63) is 60.7 Å². The Morgan fingerprint density at radius 1 is 0.614 bits per heavy atom. The van der Waals surface area contributed by atoms with Crippen molar-refractivity contribution in [1.29, 1.82) is 0 Å². The van der Waals surface area contributed by atoms with Crippen molar-refractivity contribution in [2.75, 3.05) is 0 Å². The normalized spacial score (nSPS) is 13.0. The number of rotatable bonds is 10. The molecule has 0 saturated heterocycles. The first-order chi connectivity index (χ1) is 20.6. The van der Waals surface area contributed by atoms with Crippen LogP contribution in [0.5, 0.6) is 23.0 Å². The third-order valence-corrected chi connectivity index (χ3v) is 8.62. The van der Waals surface area contributed by atoms with Crippen LogP contribution >= 0.6 is 0 Å². The molecule has 0 aliphatic rings. The summed E-state index contributed by atoms with van der Waals surface area (Å²) in [6.45, 7) is 0. The van der Waals surface area contributed by atoms with Crippen molar-refractivity contribution in [3.63, 3.8) is 0 Å². The van der Waals surface area contributed by atoms with E-state index < -0.39 is 94.2 Å². The zero-order valence-electron chi connectivity index (χ0n) is 21.2. The molecular formula is C22H16As2N4O14S2. The molecule has 0 fully saturated rings. The van der Waals surface area contributed by atoms with Gasteiger partial charge in [-0.15, -0.1) is 0 Å². The summed E-state index contributed by atoms with van der Waals surface area (Å²) in [5, 5.41) is 35.5. The molecule has 0 spiro atoms. The standard InChI is InChI=1S/C22H16As2N4O14S2/c29-21-18-11(9-16(43(35,36)37)19(21)27-25-12-5-1-3-7-14(12)41-23(31)32)10-17(44(38,39)40)20(22(18)30)28-26-13-6-2-4-8-15(13)42-24(33)34/h1-10,29-30H,(H,31,32)(H,33,34)(H,35,36,37)(H,38,39,40). The van der Waals surface area contributed by atoms with Crippen LogP contribution < -0.4 is 7.45 Å². The fourth-order valence-electron chi connectivity index (χ4n) is 3.66. The van der Waals surface area contributed by atoms with Gasteiger partial charge in [-0.05, 0) is 0 Å². The van der Waals surface area contributed by atoms with Gasteiger partial charge in [0.25, 0.3) is 0 Å². The SMILES string of the molecule is O=[As](O)Oc1ccccc1N=Nc1c(S(=O)(=O)O)cc2cc(S(=O)(=O)O)c(N=Nc3ccccc3O[As](=O)O)c(O)c2c1O. The molecule has 0 aromatic heterocycles. The van der Waals surface area contributed by atoms with Crippen molar-refractivity contribution < 1.29 is 59.3 Å². The van der Waals surface area contributed by atoms with Crippen molar-refractivity contribution >= 4 is 84.3 Å². The second kappa shape index (κ2) is 12.9. The van der Waals surface area contributed by atoms with Gasteiger partial charge in [0.15, 0.2) is 0 Å². The van der Waals surface area contributed by atoms with Crippen LogP contribution in [-0.4, -0.2) is 74.9 Å². The molecule has 0 bridgehead atoms. The van der Waals surface area contributed by atoms with E-state index >= 15 is 0 Å². The summed E-state index contributed by atoms with van der Waals surface area (Å²) < 4.78 is 119. The van der Waals surface area contributed by atoms with E-state index in [0.717, 1.165) is 0 Å². The molecular weight excluding hydrogens is 758 g/mol. The Balaban J connectivity index is 2.00. The van der Waals surface area contributed by atoms with Gasteiger partial charge in [0.05, 0.1) is 0 Å². The van der Waals surface area contributed by atoms with Crippen LogP contribution in [-0.2, 0) is 27.7 Å². The zero-order valence-corrected chi connectivity index (χ0v) is 26.6. The Morgan fingerprint density at radius 2 is 0.977 bits per heavy atom. The van der Waals surface area contributed by atoms with Crippen LogP contribution in [0.1, 0.15) is 0 Å². The third kappa shape index (κ3) is 7.37. The molecule has 0 saturated carbocycles. The summed E-state index contributed by atoms with van der Waals surface area (Å²) in [5.74, 6) is -2.84. The summed E-state index contributed by atoms with van der Waals surface area (Å²) in [5.41, 5.74) is -2.38. The number of hydrogen-bond donors (Lipinski definition) is 6. The van der Waals surface area contributed by atoms with Gasteiger partial charge < -0.3 is 0 Å². The fourth-order valence-corrected chi connectivity index (χ4v) is 6.33. The van der Waals surface area contributed by atoms with E-state index in [2.05, 4.69) is 20.5 Å². The second-order valence-electron chi connectivity index (χ2n) is 8.19. The number of para-hydroxylation sites is 2. The quantitative estimate of drug-likeness (QED) is 0.0767. The molecule has 4 aromatic carbocycles. The van der Waals surface area contributed by atoms with Gasteiger partial charge in [0.2, 0.25) is 0 Å². The maximum atomic E-state index is 12.2. The minimum absolute atomic E-state index is 0.217. The number of aromatic hydroxyl groups is 2. The predicted octanol–water partition coefficient (Wildman–Crippen LogP) is 3.15. The van der Waals surface area contributed by atoms with Gasteiger partial charge in [-0.25, -0.2) is 0 Å². The molecule has 0 heterocycles. The van der Waals surface area contributed by atoms with Gasteiger partial charge in [-0.3, -0.25) is 0 Å². The van der Waals surface area contributed by atoms with Crippen LogP contribution in [0.4, 0.5) is 22.7 Å². The average molecular weight is 774 g/mol. The van der Waals surface area contributed by atoms with Crippen LogP contribution in [0.25, 0.3) is 10.8 Å². The van der Waals surface area contributed by atoms with E-state index in [-0.39, 0.29) is 22.9 Å². The maximum absolute atomic E-state index is 12.2. The summed E-state index contributed by atoms with van der Waals surface area (Å²) in [6, 6.07) is 11.8. The zero-order chi connectivity index (χ0) is 32.4. The summed E-state index contributed by atoms with van der Waals surface area (Å²) >= 11 is -7.87. The van der Waals surface area contributed by atoms with Crippen molar-refractivity contribution in [2.45, 2.75) is 9.79 Å². The number of phenolic OH excluding ortho intramolecular Hbond substituents is 2. The number of azo groups is 2. The van der Waals surface area contributed by atoms with Crippen LogP contribution in [0, 0.1) is 0 Å². The second-order valence-corrected chi connectivity index (χ2v) is 13.7. The first-order valence-electron chi connectivity index (χ1n) is 11.3. The molecule has 18 nitrogen and oxygen atoms in total. The monoisotopic (exact) mass is 774 g/mol. The fraction of sp³-hybridized carbons (Fsp3) is 0. The van der Waals surface area contributed by atoms with E-state index in [1.54, 1.807) is 0 Å². The molecule has 4 rings (SSSR count). The van der Waals surface area contributed by atoms with Crippen molar-refractivity contribution in [2.24, 2.45) is 20.5 Å². The van der Waals surface area contributed by atoms with Gasteiger partial charge in [-0.2, -0.15) is 0 Å². The average Bonchev–Trinajstić information content (AvgIpc) is 2.91. The molecule has 0 aliphatic heterocycles. The summed E-state index contributed by atoms with van der Waals surface area (Å²) in [4.78, 5) is -2.24. The molecule has 4 aromatic rings. The van der Waals surface area contributed by atoms with Gasteiger partial charge in [0.1, 0.15) is 0 Å². The Labute approximate surface area is 256 Å². The molecule has 2 atom stereocenters. The van der Waals surface area contributed by atoms with Crippen LogP contribution in [0.2, 0.25) is 0 Å². The number of benzene rings is 4. The third-order valence-electron chi connectivity index (χ3n) is 5.41. The Kier molecular flexibility index (Phi) is 9.67. The van der Waals surface area contributed by atoms with E-state index in [4.69, 9.17) is 15.6 Å². The van der Waals surface area contributed by atoms with Crippen molar-refractivity contribution in [3.8, 4) is 23.0 Å². The molecule has 2 unspecified atom stereocenters. The van der Waals surface area contributed by atoms with E-state index in [0.29, 0.717) is 12.1 Å². The minimum atomic E-state index is -5.23. The number of nitrogens with zero attached hydrogens (tertiary/aromatic N) is 4. The topological polar surface area (TPSA) is 292 Å². The first-order valence-corrected chi connectivity index (χ1v) is 18.9. The molecule has 22 heteroatoms. The van der Waals surface area contributed by atoms with E-state index in [9.17, 15) is 43.6 Å². The Hall–Kier alpha value is -4.00. The number of fused-ring (bicyclic) bond motifs is 1. The molecule has 230 valence electrons. The summed E-state index contributed by atoms with van der Waals surface area (Å²) in [7, 11) is -10.5. The molecule has 0 amide bonds. The Bertz CT molecular complexity index is 1980. The molecule has 44 heavy (non-hydrogen) atoms. The summed E-state index contributed by atoms with van der Waals surface area (Å²) in [6.07, 6.45) is 0. The molecule has 0 aliphatic carbocycles. The van der Waals surface area contributed by atoms with Gasteiger partial charge in [0, 0.05) is 0 Å². The first kappa shape index (κ1) is 32.9. The predicted molar refractivity (Wildman–Crippen MR) is 147 cm³/mol. The van der Waals surface area contributed by atoms with Gasteiger partial charge in [-0.1, -0.05) is 0 Å². The van der Waals surface area contributed by atoms with E-state index in [1.807, 2.05) is 0 Å². The van der Waals surface area contributed by atoms with Gasteiger partial charge >= 0.3 is 257 Å². The molecule has 2 radical (unpaired) electrons. The molecule has 6 N–H and O–H groups in total. The Morgan fingerprint density at radius 3 is 1.32 bits per heavy atom. The number of hydrogen-bond acceptors (Lipinski definition) is 14. The number of phenols is 2. The van der Waals surface area contributed by atoms with Crippen molar-refractivity contribution in [1.82, 2.24) is 0 Å². The van der Waals surface area contributed by atoms with E-state index in [1.165, 1.54) is 48.5 Å².